The summed E-state index contributed by atoms with van der Waals surface area (Å²) in [6.45, 7) is 8.13. The van der Waals surface area contributed by atoms with Crippen LogP contribution in [0.2, 0.25) is 0 Å². The van der Waals surface area contributed by atoms with Crippen molar-refractivity contribution in [1.82, 2.24) is 0 Å². The highest BCUT2D eigenvalue weighted by molar-refractivity contribution is 5.76. The number of allylic oxidation sites excluding steroid dienone is 3. The van der Waals surface area contributed by atoms with Crippen LogP contribution in [-0.2, 0) is 15.7 Å². The van der Waals surface area contributed by atoms with E-state index in [0.29, 0.717) is 18.8 Å². The third kappa shape index (κ3) is 4.20. The van der Waals surface area contributed by atoms with Gasteiger partial charge in [0.25, 0.3) is 0 Å². The largest absolute Gasteiger partial charge is 0.461 e. The summed E-state index contributed by atoms with van der Waals surface area (Å²) >= 11 is 0. The molecule has 4 aliphatic rings. The third-order valence-electron chi connectivity index (χ3n) is 8.21. The van der Waals surface area contributed by atoms with Gasteiger partial charge in [0.15, 0.2) is 0 Å². The number of quaternary nitrogens is 1. The number of carbonyl (C=O) groups is 1. The Hall–Kier alpha value is -2.28. The molecule has 0 spiro atoms. The summed E-state index contributed by atoms with van der Waals surface area (Å²) in [5.41, 5.74) is 2.82. The molecule has 7 heteroatoms. The van der Waals surface area contributed by atoms with Gasteiger partial charge in [-0.1, -0.05) is 30.7 Å². The molecule has 5 rings (SSSR count). The number of rotatable bonds is 3. The molecule has 2 saturated heterocycles. The van der Waals surface area contributed by atoms with E-state index < -0.39 is 11.7 Å². The Morgan fingerprint density at radius 3 is 2.73 bits per heavy atom. The fourth-order valence-corrected chi connectivity index (χ4v) is 6.34. The zero-order valence-corrected chi connectivity index (χ0v) is 19.3. The van der Waals surface area contributed by atoms with Crippen LogP contribution in [0, 0.1) is 17.3 Å². The van der Waals surface area contributed by atoms with Gasteiger partial charge in [-0.15, -0.1) is 0 Å². The van der Waals surface area contributed by atoms with Gasteiger partial charge in [-0.05, 0) is 55.4 Å². The predicted octanol–water partition coefficient (Wildman–Crippen LogP) is 3.64. The average molecular weight is 462 g/mol. The first kappa shape index (κ1) is 22.5. The third-order valence-corrected chi connectivity index (χ3v) is 8.21. The number of carbonyl (C=O) groups excluding carboxylic acids is 1. The predicted molar refractivity (Wildman–Crippen MR) is 120 cm³/mol. The summed E-state index contributed by atoms with van der Waals surface area (Å²) < 4.78 is 45.1. The van der Waals surface area contributed by atoms with E-state index in [0.717, 1.165) is 45.0 Å². The topological polar surface area (TPSA) is 34.0 Å². The van der Waals surface area contributed by atoms with Crippen LogP contribution in [-0.4, -0.2) is 44.8 Å². The maximum atomic E-state index is 13.1. The molecule has 2 aliphatic heterocycles. The quantitative estimate of drug-likeness (QED) is 0.698. The Labute approximate surface area is 193 Å². The van der Waals surface area contributed by atoms with Gasteiger partial charge in [0.2, 0.25) is 0 Å². The molecule has 0 radical (unpaired) electrons. The van der Waals surface area contributed by atoms with Gasteiger partial charge < -0.3 is 14.5 Å². The second-order valence-corrected chi connectivity index (χ2v) is 10.4. The molecule has 0 unspecified atom stereocenters. The number of hydrogen-bond acceptors (Lipinski definition) is 3. The number of fused-ring (bicyclic) bond motifs is 2. The Kier molecular flexibility index (Phi) is 5.58. The highest BCUT2D eigenvalue weighted by atomic mass is 19.4. The van der Waals surface area contributed by atoms with E-state index in [1.54, 1.807) is 6.07 Å². The standard InChI is InChI=1S/C26H31F3N2O2/c1-17-5-4-8-25(2)15-23-20(14-22(17)25)21(24(32)33-23)16-30-9-11-31(12-10-30)19-7-3-6-18(13-19)26(27,28)29/h3,5-7,13-14,20-21,23H,4,8-12,15-16H2,1-2H3/p+1/t20-,21+,23-,25-/m1/s1. The van der Waals surface area contributed by atoms with Crippen LogP contribution in [0.4, 0.5) is 18.9 Å². The number of piperazine rings is 1. The molecule has 1 aromatic rings. The molecule has 2 fully saturated rings. The summed E-state index contributed by atoms with van der Waals surface area (Å²) in [7, 11) is 0. The number of nitrogens with zero attached hydrogens (tertiary/aromatic N) is 1. The molecule has 0 saturated carbocycles. The summed E-state index contributed by atoms with van der Waals surface area (Å²) in [5.74, 6) is -0.105. The molecule has 33 heavy (non-hydrogen) atoms. The minimum absolute atomic E-state index is 0.0343. The van der Waals surface area contributed by atoms with Crippen molar-refractivity contribution in [3.05, 3.63) is 53.1 Å². The molecule has 2 aliphatic carbocycles. The Morgan fingerprint density at radius 2 is 2.00 bits per heavy atom. The number of esters is 1. The molecule has 4 atom stereocenters. The number of anilines is 1. The molecule has 1 aromatic carbocycles. The lowest BCUT2D eigenvalue weighted by Crippen LogP contribution is -3.15. The zero-order valence-electron chi connectivity index (χ0n) is 19.3. The van der Waals surface area contributed by atoms with Crippen molar-refractivity contribution < 1.29 is 27.6 Å². The van der Waals surface area contributed by atoms with E-state index in [1.165, 1.54) is 28.2 Å². The molecular weight excluding hydrogens is 429 g/mol. The highest BCUT2D eigenvalue weighted by Gasteiger charge is 2.52. The van der Waals surface area contributed by atoms with Crippen molar-refractivity contribution in [2.45, 2.75) is 45.4 Å². The lowest BCUT2D eigenvalue weighted by atomic mass is 9.62. The second-order valence-electron chi connectivity index (χ2n) is 10.4. The summed E-state index contributed by atoms with van der Waals surface area (Å²) in [6, 6.07) is 5.55. The van der Waals surface area contributed by atoms with Gasteiger partial charge in [0.1, 0.15) is 12.0 Å². The van der Waals surface area contributed by atoms with Gasteiger partial charge in [-0.2, -0.15) is 13.2 Å². The molecule has 178 valence electrons. The Morgan fingerprint density at radius 1 is 1.24 bits per heavy atom. The van der Waals surface area contributed by atoms with Crippen LogP contribution in [0.1, 0.15) is 38.7 Å². The van der Waals surface area contributed by atoms with Gasteiger partial charge in [-0.25, -0.2) is 0 Å². The molecule has 0 aromatic heterocycles. The highest BCUT2D eigenvalue weighted by Crippen LogP contribution is 2.52. The van der Waals surface area contributed by atoms with E-state index >= 15 is 0 Å². The van der Waals surface area contributed by atoms with Gasteiger partial charge >= 0.3 is 12.1 Å². The monoisotopic (exact) mass is 461 g/mol. The van der Waals surface area contributed by atoms with E-state index in [-0.39, 0.29) is 29.3 Å². The van der Waals surface area contributed by atoms with Gasteiger partial charge in [0, 0.05) is 11.6 Å². The molecule has 0 bridgehead atoms. The fourth-order valence-electron chi connectivity index (χ4n) is 6.34. The number of benzene rings is 1. The number of nitrogens with one attached hydrogen (secondary N) is 1. The van der Waals surface area contributed by atoms with Crippen molar-refractivity contribution in [3.8, 4) is 0 Å². The van der Waals surface area contributed by atoms with E-state index in [2.05, 4.69) is 26.0 Å². The lowest BCUT2D eigenvalue weighted by molar-refractivity contribution is -0.903. The average Bonchev–Trinajstić information content (AvgIpc) is 3.06. The number of halogens is 3. The van der Waals surface area contributed by atoms with Gasteiger partial charge in [-0.3, -0.25) is 4.79 Å². The first-order valence-electron chi connectivity index (χ1n) is 12.0. The van der Waals surface area contributed by atoms with Crippen LogP contribution >= 0.6 is 0 Å². The maximum absolute atomic E-state index is 13.1. The first-order valence-corrected chi connectivity index (χ1v) is 12.0. The van der Waals surface area contributed by atoms with Crippen LogP contribution in [0.5, 0.6) is 0 Å². The molecule has 1 N–H and O–H groups in total. The van der Waals surface area contributed by atoms with Crippen molar-refractivity contribution >= 4 is 11.7 Å². The Bertz CT molecular complexity index is 993. The summed E-state index contributed by atoms with van der Waals surface area (Å²) in [6.07, 6.45) is 3.34. The van der Waals surface area contributed by atoms with Crippen LogP contribution < -0.4 is 9.80 Å². The molecular formula is C26H32F3N2O2+. The van der Waals surface area contributed by atoms with Gasteiger partial charge in [0.05, 0.1) is 38.3 Å². The molecule has 4 nitrogen and oxygen atoms in total. The Balaban J connectivity index is 1.25. The second kappa shape index (κ2) is 8.19. The first-order chi connectivity index (χ1) is 15.6. The van der Waals surface area contributed by atoms with Crippen LogP contribution in [0.25, 0.3) is 0 Å². The zero-order chi connectivity index (χ0) is 23.4. The SMILES string of the molecule is CC1=CCC[C@]2(C)C[C@H]3OC(=O)[C@@H](C[NH+]4CCN(c5cccc(C(F)(F)F)c5)CC4)[C@H]3C=C12. The van der Waals surface area contributed by atoms with Crippen LogP contribution in [0.15, 0.2) is 47.6 Å². The summed E-state index contributed by atoms with van der Waals surface area (Å²) in [5, 5.41) is 0. The number of alkyl halides is 3. The van der Waals surface area contributed by atoms with E-state index in [9.17, 15) is 18.0 Å². The van der Waals surface area contributed by atoms with Crippen molar-refractivity contribution in [2.75, 3.05) is 37.6 Å². The van der Waals surface area contributed by atoms with Crippen molar-refractivity contribution in [1.29, 1.82) is 0 Å². The molecule has 2 heterocycles. The minimum atomic E-state index is -4.33. The number of hydrogen-bond donors (Lipinski definition) is 1. The van der Waals surface area contributed by atoms with Crippen molar-refractivity contribution in [2.24, 2.45) is 17.3 Å². The normalized spacial score (nSPS) is 32.6. The summed E-state index contributed by atoms with van der Waals surface area (Å²) in [4.78, 5) is 16.2. The minimum Gasteiger partial charge on any atom is -0.461 e. The smallest absolute Gasteiger partial charge is 0.416 e. The number of ether oxygens (including phenoxy) is 1. The molecule has 0 amide bonds. The van der Waals surface area contributed by atoms with Crippen molar-refractivity contribution in [3.63, 3.8) is 0 Å². The van der Waals surface area contributed by atoms with E-state index in [1.807, 2.05) is 4.90 Å². The fraction of sp³-hybridized carbons (Fsp3) is 0.577. The lowest BCUT2D eigenvalue weighted by Gasteiger charge is -2.43. The van der Waals surface area contributed by atoms with E-state index in [4.69, 9.17) is 4.74 Å². The maximum Gasteiger partial charge on any atom is 0.416 e. The van der Waals surface area contributed by atoms with Crippen LogP contribution in [0.3, 0.4) is 0 Å².